The van der Waals surface area contributed by atoms with Crippen molar-refractivity contribution in [2.24, 2.45) is 0 Å². The van der Waals surface area contributed by atoms with Gasteiger partial charge in [-0.2, -0.15) is 0 Å². The smallest absolute Gasteiger partial charge is 0.0535 e. The summed E-state index contributed by atoms with van der Waals surface area (Å²) in [7, 11) is 0. The monoisotopic (exact) mass is 304 g/mol. The van der Waals surface area contributed by atoms with Crippen LogP contribution < -0.4 is 5.32 Å². The Labute approximate surface area is 138 Å². The Balaban J connectivity index is 2.12. The van der Waals surface area contributed by atoms with Crippen LogP contribution in [0.4, 0.5) is 0 Å². The molecule has 1 aliphatic heterocycles. The van der Waals surface area contributed by atoms with Gasteiger partial charge >= 0.3 is 0 Å². The molecule has 118 valence electrons. The van der Waals surface area contributed by atoms with E-state index in [0.717, 1.165) is 6.42 Å². The second-order valence-corrected chi connectivity index (χ2v) is 7.82. The zero-order valence-corrected chi connectivity index (χ0v) is 14.4. The average molecular weight is 304 g/mol. The van der Waals surface area contributed by atoms with Crippen LogP contribution in [0, 0.1) is 0 Å². The van der Waals surface area contributed by atoms with Gasteiger partial charge in [-0.3, -0.25) is 0 Å². The SMILES string of the molecule is CC1(C)Cc2c(c3ccccc3n2-c2ccccc2)C(C)(C)N1. The molecule has 2 nitrogen and oxygen atoms in total. The van der Waals surface area contributed by atoms with Gasteiger partial charge in [0.2, 0.25) is 0 Å². The quantitative estimate of drug-likeness (QED) is 0.684. The standard InChI is InChI=1S/C21H24N2/c1-20(2)14-18-19(21(3,4)22-20)16-12-8-9-13-17(16)23(18)15-10-6-5-7-11-15/h5-13,22H,14H2,1-4H3. The van der Waals surface area contributed by atoms with Crippen LogP contribution in [-0.2, 0) is 12.0 Å². The first-order valence-electron chi connectivity index (χ1n) is 8.37. The molecule has 0 radical (unpaired) electrons. The molecule has 0 spiro atoms. The summed E-state index contributed by atoms with van der Waals surface area (Å²) < 4.78 is 2.45. The molecular formula is C21H24N2. The van der Waals surface area contributed by atoms with Crippen molar-refractivity contribution in [1.29, 1.82) is 0 Å². The van der Waals surface area contributed by atoms with Gasteiger partial charge in [0.15, 0.2) is 0 Å². The van der Waals surface area contributed by atoms with E-state index in [4.69, 9.17) is 0 Å². The molecule has 0 unspecified atom stereocenters. The van der Waals surface area contributed by atoms with Crippen LogP contribution in [0.5, 0.6) is 0 Å². The maximum absolute atomic E-state index is 3.83. The summed E-state index contributed by atoms with van der Waals surface area (Å²) in [6, 6.07) is 19.5. The highest BCUT2D eigenvalue weighted by Crippen LogP contribution is 2.42. The van der Waals surface area contributed by atoms with Gasteiger partial charge in [0.1, 0.15) is 0 Å². The first-order valence-corrected chi connectivity index (χ1v) is 8.37. The third-order valence-electron chi connectivity index (χ3n) is 4.87. The molecule has 0 saturated heterocycles. The second-order valence-electron chi connectivity index (χ2n) is 7.82. The predicted molar refractivity (Wildman–Crippen MR) is 97.2 cm³/mol. The Morgan fingerprint density at radius 3 is 2.26 bits per heavy atom. The Morgan fingerprint density at radius 2 is 1.52 bits per heavy atom. The van der Waals surface area contributed by atoms with Crippen molar-refractivity contribution >= 4 is 10.9 Å². The van der Waals surface area contributed by atoms with E-state index in [1.54, 1.807) is 0 Å². The Hall–Kier alpha value is -2.06. The molecular weight excluding hydrogens is 280 g/mol. The normalized spacial score (nSPS) is 18.8. The zero-order valence-electron chi connectivity index (χ0n) is 14.4. The summed E-state index contributed by atoms with van der Waals surface area (Å²) in [6.45, 7) is 9.19. The molecule has 2 heteroatoms. The molecule has 2 heterocycles. The largest absolute Gasteiger partial charge is 0.313 e. The highest BCUT2D eigenvalue weighted by Gasteiger charge is 2.40. The highest BCUT2D eigenvalue weighted by molar-refractivity contribution is 5.88. The molecule has 1 N–H and O–H groups in total. The highest BCUT2D eigenvalue weighted by atomic mass is 15.1. The van der Waals surface area contributed by atoms with Crippen LogP contribution in [0.15, 0.2) is 54.6 Å². The average Bonchev–Trinajstić information content (AvgIpc) is 2.80. The Morgan fingerprint density at radius 1 is 0.870 bits per heavy atom. The van der Waals surface area contributed by atoms with Crippen molar-refractivity contribution in [3.63, 3.8) is 0 Å². The van der Waals surface area contributed by atoms with E-state index < -0.39 is 0 Å². The summed E-state index contributed by atoms with van der Waals surface area (Å²) in [4.78, 5) is 0. The van der Waals surface area contributed by atoms with Gasteiger partial charge in [0.25, 0.3) is 0 Å². The minimum absolute atomic E-state index is 0.0449. The van der Waals surface area contributed by atoms with Crippen LogP contribution in [0.1, 0.15) is 39.0 Å². The fraction of sp³-hybridized carbons (Fsp3) is 0.333. The maximum Gasteiger partial charge on any atom is 0.0535 e. The van der Waals surface area contributed by atoms with E-state index in [-0.39, 0.29) is 11.1 Å². The maximum atomic E-state index is 3.83. The lowest BCUT2D eigenvalue weighted by molar-refractivity contribution is 0.240. The van der Waals surface area contributed by atoms with Gasteiger partial charge in [-0.05, 0) is 45.9 Å². The minimum atomic E-state index is -0.0449. The number of fused-ring (bicyclic) bond motifs is 3. The molecule has 0 amide bonds. The van der Waals surface area contributed by atoms with E-state index in [2.05, 4.69) is 92.2 Å². The fourth-order valence-electron chi connectivity index (χ4n) is 4.40. The van der Waals surface area contributed by atoms with Crippen LogP contribution in [0.25, 0.3) is 16.6 Å². The summed E-state index contributed by atoms with van der Waals surface area (Å²) >= 11 is 0. The topological polar surface area (TPSA) is 17.0 Å². The number of aromatic nitrogens is 1. The van der Waals surface area contributed by atoms with Crippen molar-refractivity contribution in [2.75, 3.05) is 0 Å². The third kappa shape index (κ3) is 2.21. The summed E-state index contributed by atoms with van der Waals surface area (Å²) in [5, 5.41) is 5.19. The van der Waals surface area contributed by atoms with E-state index >= 15 is 0 Å². The number of hydrogen-bond acceptors (Lipinski definition) is 1. The van der Waals surface area contributed by atoms with Crippen molar-refractivity contribution in [2.45, 2.75) is 45.2 Å². The molecule has 0 atom stereocenters. The summed E-state index contributed by atoms with van der Waals surface area (Å²) in [5.41, 5.74) is 5.46. The first kappa shape index (κ1) is 14.5. The van der Waals surface area contributed by atoms with Crippen molar-refractivity contribution in [3.05, 3.63) is 65.9 Å². The molecule has 0 aliphatic carbocycles. The first-order chi connectivity index (χ1) is 10.9. The van der Waals surface area contributed by atoms with Crippen molar-refractivity contribution in [1.82, 2.24) is 9.88 Å². The van der Waals surface area contributed by atoms with Gasteiger partial charge in [0.05, 0.1) is 5.52 Å². The molecule has 1 aromatic heterocycles. The number of benzene rings is 2. The number of nitrogens with one attached hydrogen (secondary N) is 1. The van der Waals surface area contributed by atoms with Gasteiger partial charge in [0, 0.05) is 39.8 Å². The lowest BCUT2D eigenvalue weighted by atomic mass is 9.80. The van der Waals surface area contributed by atoms with Crippen molar-refractivity contribution in [3.8, 4) is 5.69 Å². The number of hydrogen-bond donors (Lipinski definition) is 1. The zero-order chi connectivity index (χ0) is 16.2. The van der Waals surface area contributed by atoms with E-state index in [0.29, 0.717) is 0 Å². The van der Waals surface area contributed by atoms with Crippen molar-refractivity contribution < 1.29 is 0 Å². The minimum Gasteiger partial charge on any atom is -0.313 e. The Bertz CT molecular complexity index is 869. The number of rotatable bonds is 1. The predicted octanol–water partition coefficient (Wildman–Crippen LogP) is 4.79. The van der Waals surface area contributed by atoms with Gasteiger partial charge < -0.3 is 9.88 Å². The van der Waals surface area contributed by atoms with E-state index in [1.807, 2.05) is 0 Å². The second kappa shape index (κ2) is 4.72. The lowest BCUT2D eigenvalue weighted by Gasteiger charge is -2.43. The molecule has 2 aromatic carbocycles. The van der Waals surface area contributed by atoms with E-state index in [1.165, 1.54) is 27.8 Å². The molecule has 0 fully saturated rings. The molecule has 1 aliphatic rings. The molecule has 23 heavy (non-hydrogen) atoms. The molecule has 0 bridgehead atoms. The lowest BCUT2D eigenvalue weighted by Crippen LogP contribution is -2.55. The third-order valence-corrected chi connectivity index (χ3v) is 4.87. The van der Waals surface area contributed by atoms with E-state index in [9.17, 15) is 0 Å². The van der Waals surface area contributed by atoms with Gasteiger partial charge in [-0.1, -0.05) is 36.4 Å². The van der Waals surface area contributed by atoms with Crippen LogP contribution in [0.3, 0.4) is 0 Å². The number of nitrogens with zero attached hydrogens (tertiary/aromatic N) is 1. The number of para-hydroxylation sites is 2. The fourth-order valence-corrected chi connectivity index (χ4v) is 4.40. The van der Waals surface area contributed by atoms with Gasteiger partial charge in [-0.25, -0.2) is 0 Å². The van der Waals surface area contributed by atoms with Gasteiger partial charge in [-0.15, -0.1) is 0 Å². The Kier molecular flexibility index (Phi) is 2.98. The van der Waals surface area contributed by atoms with Crippen LogP contribution >= 0.6 is 0 Å². The van der Waals surface area contributed by atoms with Crippen LogP contribution in [0.2, 0.25) is 0 Å². The molecule has 3 aromatic rings. The van der Waals surface area contributed by atoms with Crippen LogP contribution in [-0.4, -0.2) is 10.1 Å². The molecule has 0 saturated carbocycles. The summed E-state index contributed by atoms with van der Waals surface area (Å²) in [5.74, 6) is 0. The summed E-state index contributed by atoms with van der Waals surface area (Å²) in [6.07, 6.45) is 1.02. The molecule has 4 rings (SSSR count).